The minimum absolute atomic E-state index is 0. The molecule has 0 amide bonds. The molecule has 1 unspecified atom stereocenters. The first-order valence-corrected chi connectivity index (χ1v) is 8.40. The summed E-state index contributed by atoms with van der Waals surface area (Å²) in [6.07, 6.45) is 4.12. The number of ether oxygens (including phenoxy) is 1. The van der Waals surface area contributed by atoms with E-state index in [2.05, 4.69) is 43.9 Å². The predicted molar refractivity (Wildman–Crippen MR) is 101 cm³/mol. The summed E-state index contributed by atoms with van der Waals surface area (Å²) in [7, 11) is 0. The number of halogens is 1. The standard InChI is InChI=1S/C16H19N5OS.ClH/c1-2-21-14-7-12-11(6-13(14)20-16(21)23)15(19-9-18-12)17-8-10-4-3-5-22-10;/h6-7,9-10H,2-5,8H2,1H3,(H,20,23)(H,17,18,19);1H. The molecule has 0 spiro atoms. The minimum Gasteiger partial charge on any atom is -0.376 e. The van der Waals surface area contributed by atoms with Gasteiger partial charge in [0.2, 0.25) is 0 Å². The Morgan fingerprint density at radius 2 is 2.29 bits per heavy atom. The van der Waals surface area contributed by atoms with Gasteiger partial charge in [0.25, 0.3) is 0 Å². The van der Waals surface area contributed by atoms with Crippen molar-refractivity contribution in [2.75, 3.05) is 18.5 Å². The number of fused-ring (bicyclic) bond motifs is 2. The lowest BCUT2D eigenvalue weighted by molar-refractivity contribution is 0.120. The van der Waals surface area contributed by atoms with Crippen molar-refractivity contribution in [3.8, 4) is 0 Å². The normalized spacial score (nSPS) is 17.3. The summed E-state index contributed by atoms with van der Waals surface area (Å²) >= 11 is 5.39. The van der Waals surface area contributed by atoms with Crippen molar-refractivity contribution in [2.24, 2.45) is 0 Å². The molecule has 3 heterocycles. The number of nitrogens with zero attached hydrogens (tertiary/aromatic N) is 3. The Bertz CT molecular complexity index is 916. The van der Waals surface area contributed by atoms with Crippen molar-refractivity contribution in [2.45, 2.75) is 32.4 Å². The van der Waals surface area contributed by atoms with E-state index in [0.29, 0.717) is 0 Å². The average Bonchev–Trinajstić information content (AvgIpc) is 3.17. The molecule has 1 fully saturated rings. The van der Waals surface area contributed by atoms with Gasteiger partial charge < -0.3 is 19.6 Å². The van der Waals surface area contributed by atoms with Gasteiger partial charge in [-0.3, -0.25) is 0 Å². The summed E-state index contributed by atoms with van der Waals surface area (Å²) in [4.78, 5) is 12.1. The minimum atomic E-state index is 0. The van der Waals surface area contributed by atoms with Crippen LogP contribution in [0.5, 0.6) is 0 Å². The van der Waals surface area contributed by atoms with Crippen molar-refractivity contribution < 1.29 is 4.74 Å². The second-order valence-corrected chi connectivity index (χ2v) is 6.19. The van der Waals surface area contributed by atoms with Gasteiger partial charge in [-0.25, -0.2) is 9.97 Å². The maximum absolute atomic E-state index is 5.66. The van der Waals surface area contributed by atoms with Crippen molar-refractivity contribution in [3.05, 3.63) is 23.2 Å². The number of rotatable bonds is 4. The monoisotopic (exact) mass is 365 g/mol. The topological polar surface area (TPSA) is 67.8 Å². The Morgan fingerprint density at radius 1 is 1.42 bits per heavy atom. The number of benzene rings is 1. The van der Waals surface area contributed by atoms with E-state index in [-0.39, 0.29) is 18.5 Å². The van der Waals surface area contributed by atoms with Gasteiger partial charge in [-0.15, -0.1) is 12.4 Å². The van der Waals surface area contributed by atoms with Crippen molar-refractivity contribution in [1.29, 1.82) is 0 Å². The Hall–Kier alpha value is -1.70. The Labute approximate surface area is 151 Å². The third-order valence-corrected chi connectivity index (χ3v) is 4.69. The molecule has 128 valence electrons. The van der Waals surface area contributed by atoms with Gasteiger partial charge in [0.1, 0.15) is 12.1 Å². The summed E-state index contributed by atoms with van der Waals surface area (Å²) in [5, 5.41) is 4.40. The lowest BCUT2D eigenvalue weighted by Gasteiger charge is -2.12. The van der Waals surface area contributed by atoms with Crippen LogP contribution in [0.3, 0.4) is 0 Å². The van der Waals surface area contributed by atoms with Crippen LogP contribution in [0.1, 0.15) is 19.8 Å². The molecule has 2 aromatic heterocycles. The van der Waals surface area contributed by atoms with Crippen LogP contribution in [-0.2, 0) is 11.3 Å². The number of hydrogen-bond acceptors (Lipinski definition) is 5. The first-order valence-electron chi connectivity index (χ1n) is 7.99. The van der Waals surface area contributed by atoms with Crippen LogP contribution < -0.4 is 5.32 Å². The van der Waals surface area contributed by atoms with Crippen LogP contribution in [0, 0.1) is 4.77 Å². The number of hydrogen-bond donors (Lipinski definition) is 2. The second kappa shape index (κ2) is 7.04. The molecule has 2 N–H and O–H groups in total. The third kappa shape index (κ3) is 2.99. The number of aromatic amines is 1. The van der Waals surface area contributed by atoms with E-state index in [1.807, 2.05) is 0 Å². The van der Waals surface area contributed by atoms with Crippen molar-refractivity contribution >= 4 is 52.4 Å². The van der Waals surface area contributed by atoms with Gasteiger partial charge in [0.05, 0.1) is 22.7 Å². The molecule has 0 saturated carbocycles. The molecule has 6 nitrogen and oxygen atoms in total. The number of H-pyrrole nitrogens is 1. The Kier molecular flexibility index (Phi) is 5.03. The molecule has 24 heavy (non-hydrogen) atoms. The van der Waals surface area contributed by atoms with Crippen LogP contribution in [-0.4, -0.2) is 38.8 Å². The van der Waals surface area contributed by atoms with Gasteiger partial charge in [-0.2, -0.15) is 0 Å². The fourth-order valence-corrected chi connectivity index (χ4v) is 3.52. The number of aromatic nitrogens is 4. The first kappa shape index (κ1) is 17.1. The highest BCUT2D eigenvalue weighted by molar-refractivity contribution is 7.71. The van der Waals surface area contributed by atoms with Crippen LogP contribution in [0.15, 0.2) is 18.5 Å². The second-order valence-electron chi connectivity index (χ2n) is 5.80. The van der Waals surface area contributed by atoms with Crippen LogP contribution in [0.2, 0.25) is 0 Å². The summed E-state index contributed by atoms with van der Waals surface area (Å²) < 4.78 is 8.47. The molecule has 0 radical (unpaired) electrons. The van der Waals surface area contributed by atoms with Gasteiger partial charge in [-0.1, -0.05) is 0 Å². The summed E-state index contributed by atoms with van der Waals surface area (Å²) in [6.45, 7) is 4.55. The maximum atomic E-state index is 5.66. The highest BCUT2D eigenvalue weighted by atomic mass is 35.5. The van der Waals surface area contributed by atoms with Gasteiger partial charge >= 0.3 is 0 Å². The van der Waals surface area contributed by atoms with E-state index in [4.69, 9.17) is 17.0 Å². The lowest BCUT2D eigenvalue weighted by atomic mass is 10.2. The number of nitrogens with one attached hydrogen (secondary N) is 2. The number of anilines is 1. The fourth-order valence-electron chi connectivity index (χ4n) is 3.18. The Balaban J connectivity index is 0.00000169. The molecule has 3 aromatic rings. The van der Waals surface area contributed by atoms with Gasteiger partial charge in [-0.05, 0) is 44.1 Å². The first-order chi connectivity index (χ1) is 11.3. The molecular weight excluding hydrogens is 346 g/mol. The summed E-state index contributed by atoms with van der Waals surface area (Å²) in [6, 6.07) is 4.14. The van der Waals surface area contributed by atoms with Crippen LogP contribution in [0.4, 0.5) is 5.82 Å². The molecule has 4 rings (SSSR count). The summed E-state index contributed by atoms with van der Waals surface area (Å²) in [5.74, 6) is 0.843. The molecule has 1 aromatic carbocycles. The molecule has 0 aliphatic carbocycles. The van der Waals surface area contributed by atoms with Crippen LogP contribution >= 0.6 is 24.6 Å². The van der Waals surface area contributed by atoms with Crippen molar-refractivity contribution in [1.82, 2.24) is 19.5 Å². The zero-order valence-corrected chi connectivity index (χ0v) is 15.0. The third-order valence-electron chi connectivity index (χ3n) is 4.37. The molecule has 1 saturated heterocycles. The molecule has 1 aliphatic rings. The average molecular weight is 366 g/mol. The molecule has 1 atom stereocenters. The largest absolute Gasteiger partial charge is 0.376 e. The quantitative estimate of drug-likeness (QED) is 0.690. The molecule has 0 bridgehead atoms. The number of aryl methyl sites for hydroxylation is 1. The van der Waals surface area contributed by atoms with E-state index in [9.17, 15) is 0 Å². The highest BCUT2D eigenvalue weighted by Crippen LogP contribution is 2.26. The molecule has 1 aliphatic heterocycles. The van der Waals surface area contributed by atoms with Crippen molar-refractivity contribution in [3.63, 3.8) is 0 Å². The highest BCUT2D eigenvalue weighted by Gasteiger charge is 2.16. The van der Waals surface area contributed by atoms with E-state index in [1.165, 1.54) is 0 Å². The van der Waals surface area contributed by atoms with E-state index < -0.39 is 0 Å². The van der Waals surface area contributed by atoms with Gasteiger partial charge in [0.15, 0.2) is 4.77 Å². The summed E-state index contributed by atoms with van der Waals surface area (Å²) in [5.41, 5.74) is 3.01. The zero-order chi connectivity index (χ0) is 15.8. The maximum Gasteiger partial charge on any atom is 0.178 e. The Morgan fingerprint density at radius 3 is 3.04 bits per heavy atom. The lowest BCUT2D eigenvalue weighted by Crippen LogP contribution is -2.19. The smallest absolute Gasteiger partial charge is 0.178 e. The van der Waals surface area contributed by atoms with Crippen LogP contribution in [0.25, 0.3) is 21.9 Å². The molecular formula is C16H20ClN5OS. The van der Waals surface area contributed by atoms with Gasteiger partial charge in [0, 0.05) is 25.1 Å². The van der Waals surface area contributed by atoms with E-state index in [0.717, 1.165) is 65.1 Å². The predicted octanol–water partition coefficient (Wildman–Crippen LogP) is 3.67. The zero-order valence-electron chi connectivity index (χ0n) is 13.4. The van der Waals surface area contributed by atoms with E-state index >= 15 is 0 Å². The number of imidazole rings is 1. The van der Waals surface area contributed by atoms with E-state index in [1.54, 1.807) is 6.33 Å². The SMILES string of the molecule is CCn1c(=S)[nH]c2cc3c(NCC4CCCO4)ncnc3cc21.Cl. The molecule has 8 heteroatoms. The fraction of sp³-hybridized carbons (Fsp3) is 0.438.